The Bertz CT molecular complexity index is 1220. The molecule has 0 aromatic carbocycles. The minimum atomic E-state index is -0.554. The van der Waals surface area contributed by atoms with Gasteiger partial charge < -0.3 is 9.72 Å². The van der Waals surface area contributed by atoms with E-state index in [9.17, 15) is 19.6 Å². The number of aromatic amines is 1. The molecule has 0 radical (unpaired) electrons. The molecular weight excluding hydrogens is 380 g/mol. The smallest absolute Gasteiger partial charge is 0.316 e. The minimum Gasteiger partial charge on any atom is -0.459 e. The van der Waals surface area contributed by atoms with Gasteiger partial charge in [0, 0.05) is 18.3 Å². The number of rotatable bonds is 5. The number of aromatic nitrogens is 3. The molecule has 0 saturated heterocycles. The molecule has 3 aromatic heterocycles. The van der Waals surface area contributed by atoms with Gasteiger partial charge >= 0.3 is 5.97 Å². The zero-order valence-electron chi connectivity index (χ0n) is 15.2. The number of pyridine rings is 2. The molecule has 28 heavy (non-hydrogen) atoms. The average Bonchev–Trinajstić information content (AvgIpc) is 2.65. The van der Waals surface area contributed by atoms with Crippen LogP contribution in [0, 0.1) is 25.2 Å². The van der Waals surface area contributed by atoms with Crippen LogP contribution in [0.1, 0.15) is 22.4 Å². The fourth-order valence-corrected chi connectivity index (χ4v) is 3.43. The molecule has 0 aliphatic rings. The summed E-state index contributed by atoms with van der Waals surface area (Å²) in [4.78, 5) is 42.6. The molecule has 9 heteroatoms. The van der Waals surface area contributed by atoms with Crippen LogP contribution >= 0.6 is 11.8 Å². The molecule has 8 nitrogen and oxygen atoms in total. The van der Waals surface area contributed by atoms with Gasteiger partial charge in [0.05, 0.1) is 22.0 Å². The van der Waals surface area contributed by atoms with Crippen molar-refractivity contribution in [1.29, 1.82) is 5.26 Å². The Labute approximate surface area is 163 Å². The lowest BCUT2D eigenvalue weighted by Gasteiger charge is -2.08. The summed E-state index contributed by atoms with van der Waals surface area (Å²) in [6, 6.07) is 8.21. The van der Waals surface area contributed by atoms with Gasteiger partial charge in [0.1, 0.15) is 18.3 Å². The summed E-state index contributed by atoms with van der Waals surface area (Å²) < 4.78 is 6.59. The molecule has 0 spiro atoms. The first kappa shape index (κ1) is 19.4. The Kier molecular flexibility index (Phi) is 5.61. The maximum atomic E-state index is 12.2. The number of carbonyl (C=O) groups is 1. The number of nitrogens with zero attached hydrogens (tertiary/aromatic N) is 3. The van der Waals surface area contributed by atoms with Crippen LogP contribution in [0.3, 0.4) is 0 Å². The third-order valence-corrected chi connectivity index (χ3v) is 4.87. The van der Waals surface area contributed by atoms with E-state index in [-0.39, 0.29) is 23.5 Å². The molecule has 0 saturated carbocycles. The quantitative estimate of drug-likeness (QED) is 0.515. The summed E-state index contributed by atoms with van der Waals surface area (Å²) in [7, 11) is 0. The molecular formula is C19H16N4O4S. The van der Waals surface area contributed by atoms with Crippen LogP contribution in [0.2, 0.25) is 0 Å². The van der Waals surface area contributed by atoms with E-state index in [1.54, 1.807) is 19.2 Å². The largest absolute Gasteiger partial charge is 0.459 e. The number of hydrogen-bond acceptors (Lipinski definition) is 7. The first-order valence-corrected chi connectivity index (χ1v) is 9.27. The van der Waals surface area contributed by atoms with E-state index in [0.29, 0.717) is 27.5 Å². The molecule has 3 heterocycles. The van der Waals surface area contributed by atoms with Gasteiger partial charge in [-0.2, -0.15) is 5.26 Å². The molecule has 0 bridgehead atoms. The highest BCUT2D eigenvalue weighted by molar-refractivity contribution is 7.99. The van der Waals surface area contributed by atoms with E-state index < -0.39 is 5.97 Å². The van der Waals surface area contributed by atoms with Crippen molar-refractivity contribution in [3.63, 3.8) is 0 Å². The van der Waals surface area contributed by atoms with Crippen molar-refractivity contribution < 1.29 is 9.53 Å². The lowest BCUT2D eigenvalue weighted by atomic mass is 10.2. The molecule has 3 aromatic rings. The molecule has 0 aliphatic carbocycles. The molecule has 0 amide bonds. The predicted molar refractivity (Wildman–Crippen MR) is 103 cm³/mol. The number of aryl methyl sites for hydroxylation is 2. The van der Waals surface area contributed by atoms with E-state index in [0.717, 1.165) is 17.3 Å². The maximum absolute atomic E-state index is 12.2. The fourth-order valence-electron chi connectivity index (χ4n) is 2.56. The number of carbonyl (C=O) groups excluding carboxylic acids is 1. The number of hydrogen-bond donors (Lipinski definition) is 1. The topological polar surface area (TPSA) is 117 Å². The standard InChI is InChI=1S/C19H16N4O4S/c1-11-3-4-15-21-13(6-17(25)23(15)8-11)9-27-18(26)10-28-19-14(7-20)12(2)5-16(24)22-19/h3-6,8H,9-10H2,1-2H3,(H,22,24). The van der Waals surface area contributed by atoms with Gasteiger partial charge in [0.2, 0.25) is 5.56 Å². The average molecular weight is 396 g/mol. The highest BCUT2D eigenvalue weighted by Crippen LogP contribution is 2.21. The number of nitrogens with one attached hydrogen (secondary N) is 1. The van der Waals surface area contributed by atoms with Crippen molar-refractivity contribution in [3.05, 3.63) is 73.6 Å². The van der Waals surface area contributed by atoms with Crippen molar-refractivity contribution in [2.45, 2.75) is 25.5 Å². The molecule has 0 fully saturated rings. The van der Waals surface area contributed by atoms with Crippen molar-refractivity contribution in [1.82, 2.24) is 14.4 Å². The van der Waals surface area contributed by atoms with Gasteiger partial charge in [-0.15, -0.1) is 0 Å². The van der Waals surface area contributed by atoms with Gasteiger partial charge in [-0.05, 0) is 31.0 Å². The predicted octanol–water partition coefficient (Wildman–Crippen LogP) is 1.71. The Balaban J connectivity index is 1.66. The van der Waals surface area contributed by atoms with Crippen LogP contribution in [-0.4, -0.2) is 26.1 Å². The van der Waals surface area contributed by atoms with Crippen LogP contribution in [0.4, 0.5) is 0 Å². The second-order valence-corrected chi connectivity index (χ2v) is 7.09. The minimum absolute atomic E-state index is 0.0974. The summed E-state index contributed by atoms with van der Waals surface area (Å²) in [6.45, 7) is 3.38. The Morgan fingerprint density at radius 3 is 2.86 bits per heavy atom. The second kappa shape index (κ2) is 8.10. The summed E-state index contributed by atoms with van der Waals surface area (Å²) in [5, 5.41) is 9.52. The molecule has 3 rings (SSSR count). The van der Waals surface area contributed by atoms with Crippen molar-refractivity contribution in [2.24, 2.45) is 0 Å². The Morgan fingerprint density at radius 2 is 2.11 bits per heavy atom. The number of H-pyrrole nitrogens is 1. The lowest BCUT2D eigenvalue weighted by molar-refractivity contribution is -0.141. The number of fused-ring (bicyclic) bond motifs is 1. The van der Waals surface area contributed by atoms with Crippen LogP contribution < -0.4 is 11.1 Å². The summed E-state index contributed by atoms with van der Waals surface area (Å²) in [5.41, 5.74) is 1.99. The van der Waals surface area contributed by atoms with E-state index in [1.165, 1.54) is 16.5 Å². The van der Waals surface area contributed by atoms with E-state index in [2.05, 4.69) is 9.97 Å². The van der Waals surface area contributed by atoms with Gasteiger partial charge in [0.25, 0.3) is 5.56 Å². The van der Waals surface area contributed by atoms with Crippen LogP contribution in [-0.2, 0) is 16.1 Å². The fraction of sp³-hybridized carbons (Fsp3) is 0.211. The zero-order valence-corrected chi connectivity index (χ0v) is 16.0. The van der Waals surface area contributed by atoms with Gasteiger partial charge in [-0.25, -0.2) is 4.98 Å². The summed E-state index contributed by atoms with van der Waals surface area (Å²) in [5.74, 6) is -0.651. The van der Waals surface area contributed by atoms with Crippen molar-refractivity contribution in [3.8, 4) is 6.07 Å². The zero-order chi connectivity index (χ0) is 20.3. The second-order valence-electron chi connectivity index (χ2n) is 6.10. The number of esters is 1. The number of ether oxygens (including phenoxy) is 1. The molecule has 1 N–H and O–H groups in total. The van der Waals surface area contributed by atoms with E-state index in [1.807, 2.05) is 19.1 Å². The third-order valence-electron chi connectivity index (χ3n) is 3.89. The number of nitriles is 1. The third kappa shape index (κ3) is 4.29. The number of thioether (sulfide) groups is 1. The monoisotopic (exact) mass is 396 g/mol. The molecule has 0 aliphatic heterocycles. The molecule has 0 atom stereocenters. The Morgan fingerprint density at radius 1 is 1.32 bits per heavy atom. The lowest BCUT2D eigenvalue weighted by Crippen LogP contribution is -2.17. The van der Waals surface area contributed by atoms with E-state index in [4.69, 9.17) is 4.74 Å². The van der Waals surface area contributed by atoms with Gasteiger partial charge in [-0.3, -0.25) is 18.8 Å². The normalized spacial score (nSPS) is 10.6. The van der Waals surface area contributed by atoms with Gasteiger partial charge in [-0.1, -0.05) is 17.8 Å². The molecule has 0 unspecified atom stereocenters. The van der Waals surface area contributed by atoms with E-state index >= 15 is 0 Å². The van der Waals surface area contributed by atoms with Crippen molar-refractivity contribution >= 4 is 23.4 Å². The van der Waals surface area contributed by atoms with Crippen LogP contribution in [0.5, 0.6) is 0 Å². The van der Waals surface area contributed by atoms with Gasteiger partial charge in [0.15, 0.2) is 0 Å². The summed E-state index contributed by atoms with van der Waals surface area (Å²) in [6.07, 6.45) is 1.69. The van der Waals surface area contributed by atoms with Crippen LogP contribution in [0.15, 0.2) is 45.1 Å². The summed E-state index contributed by atoms with van der Waals surface area (Å²) >= 11 is 1.01. The SMILES string of the molecule is Cc1ccc2nc(COC(=O)CSc3[nH]c(=O)cc(C)c3C#N)cc(=O)n2c1. The van der Waals surface area contributed by atoms with Crippen LogP contribution in [0.25, 0.3) is 5.65 Å². The highest BCUT2D eigenvalue weighted by atomic mass is 32.2. The highest BCUT2D eigenvalue weighted by Gasteiger charge is 2.12. The van der Waals surface area contributed by atoms with Crippen molar-refractivity contribution in [2.75, 3.05) is 5.75 Å². The molecule has 142 valence electrons. The maximum Gasteiger partial charge on any atom is 0.316 e. The first-order chi connectivity index (χ1) is 13.4. The first-order valence-electron chi connectivity index (χ1n) is 8.29. The Hall–Kier alpha value is -3.38.